The van der Waals surface area contributed by atoms with Crippen molar-refractivity contribution >= 4 is 75.3 Å². The standard InChI is InChI=1S/C38H25NOS/c1-22-16-18-31-29(20-22)30-21-23(2)17-19-32(30)39(31)33-13-6-12-28-36-25(9-7-15-35(36)41-38(28)33)27-11-5-10-26-24-8-3-4-14-34(24)40-37(26)27/h3-21H,1-2H3. The lowest BCUT2D eigenvalue weighted by Crippen LogP contribution is -1.94. The summed E-state index contributed by atoms with van der Waals surface area (Å²) >= 11 is 1.88. The largest absolute Gasteiger partial charge is 0.455 e. The minimum Gasteiger partial charge on any atom is -0.455 e. The van der Waals surface area contributed by atoms with Gasteiger partial charge in [0.2, 0.25) is 0 Å². The number of rotatable bonds is 2. The van der Waals surface area contributed by atoms with Crippen molar-refractivity contribution < 1.29 is 4.42 Å². The van der Waals surface area contributed by atoms with Gasteiger partial charge in [-0.3, -0.25) is 0 Å². The fourth-order valence-electron chi connectivity index (χ4n) is 6.70. The number of fused-ring (bicyclic) bond motifs is 9. The van der Waals surface area contributed by atoms with Crippen molar-refractivity contribution in [2.24, 2.45) is 0 Å². The van der Waals surface area contributed by atoms with Crippen molar-refractivity contribution in [2.45, 2.75) is 13.8 Å². The maximum atomic E-state index is 6.47. The molecule has 0 atom stereocenters. The molecule has 0 radical (unpaired) electrons. The number of hydrogen-bond donors (Lipinski definition) is 0. The third-order valence-corrected chi connectivity index (χ3v) is 9.71. The van der Waals surface area contributed by atoms with Gasteiger partial charge in [-0.1, -0.05) is 83.9 Å². The van der Waals surface area contributed by atoms with Crippen LogP contribution in [0.25, 0.3) is 80.7 Å². The summed E-state index contributed by atoms with van der Waals surface area (Å²) < 4.78 is 11.5. The fraction of sp³-hybridized carbons (Fsp3) is 0.0526. The van der Waals surface area contributed by atoms with Crippen LogP contribution in [0.15, 0.2) is 120 Å². The number of para-hydroxylation sites is 2. The maximum absolute atomic E-state index is 6.47. The molecule has 0 aliphatic rings. The summed E-state index contributed by atoms with van der Waals surface area (Å²) in [4.78, 5) is 0. The highest BCUT2D eigenvalue weighted by Crippen LogP contribution is 2.46. The normalized spacial score (nSPS) is 12.1. The average molecular weight is 544 g/mol. The first-order chi connectivity index (χ1) is 20.2. The Morgan fingerprint density at radius 2 is 1.22 bits per heavy atom. The number of thiophene rings is 1. The van der Waals surface area contributed by atoms with Crippen molar-refractivity contribution in [3.05, 3.63) is 126 Å². The first kappa shape index (κ1) is 22.9. The lowest BCUT2D eigenvalue weighted by molar-refractivity contribution is 0.670. The zero-order chi connectivity index (χ0) is 27.2. The molecule has 2 nitrogen and oxygen atoms in total. The van der Waals surface area contributed by atoms with Gasteiger partial charge in [-0.15, -0.1) is 11.3 Å². The van der Waals surface area contributed by atoms with E-state index in [-0.39, 0.29) is 0 Å². The zero-order valence-electron chi connectivity index (χ0n) is 22.7. The van der Waals surface area contributed by atoms with E-state index in [9.17, 15) is 0 Å². The Morgan fingerprint density at radius 3 is 2.02 bits per heavy atom. The van der Waals surface area contributed by atoms with Crippen LogP contribution in [-0.2, 0) is 0 Å². The second-order valence-corrected chi connectivity index (χ2v) is 12.1. The minimum atomic E-state index is 0.927. The molecule has 0 N–H and O–H groups in total. The Labute approximate surface area is 240 Å². The van der Waals surface area contributed by atoms with Gasteiger partial charge >= 0.3 is 0 Å². The molecule has 9 rings (SSSR count). The molecule has 0 bridgehead atoms. The van der Waals surface area contributed by atoms with Crippen LogP contribution in [0.4, 0.5) is 0 Å². The van der Waals surface area contributed by atoms with Crippen molar-refractivity contribution in [3.63, 3.8) is 0 Å². The van der Waals surface area contributed by atoms with Crippen LogP contribution in [-0.4, -0.2) is 4.57 Å². The van der Waals surface area contributed by atoms with Crippen LogP contribution in [0.2, 0.25) is 0 Å². The third kappa shape index (κ3) is 3.18. The van der Waals surface area contributed by atoms with Gasteiger partial charge < -0.3 is 8.98 Å². The molecule has 3 aromatic heterocycles. The Balaban J connectivity index is 1.37. The molecule has 0 saturated heterocycles. The van der Waals surface area contributed by atoms with E-state index in [4.69, 9.17) is 4.42 Å². The summed E-state index contributed by atoms with van der Waals surface area (Å²) in [6.45, 7) is 4.35. The number of benzene rings is 6. The Hall–Kier alpha value is -4.86. The molecule has 41 heavy (non-hydrogen) atoms. The molecule has 0 amide bonds. The van der Waals surface area contributed by atoms with Crippen molar-refractivity contribution in [2.75, 3.05) is 0 Å². The summed E-state index contributed by atoms with van der Waals surface area (Å²) in [5.74, 6) is 0. The number of hydrogen-bond acceptors (Lipinski definition) is 2. The highest BCUT2D eigenvalue weighted by atomic mass is 32.1. The highest BCUT2D eigenvalue weighted by molar-refractivity contribution is 7.26. The van der Waals surface area contributed by atoms with E-state index >= 15 is 0 Å². The Kier molecular flexibility index (Phi) is 4.65. The van der Waals surface area contributed by atoms with E-state index in [0.29, 0.717) is 0 Å². The van der Waals surface area contributed by atoms with Gasteiger partial charge in [0.05, 0.1) is 21.4 Å². The summed E-state index contributed by atoms with van der Waals surface area (Å²) in [6, 6.07) is 41.9. The molecule has 3 heterocycles. The summed E-state index contributed by atoms with van der Waals surface area (Å²) in [7, 11) is 0. The van der Waals surface area contributed by atoms with Gasteiger partial charge in [0, 0.05) is 42.6 Å². The predicted molar refractivity (Wildman–Crippen MR) is 176 cm³/mol. The molecule has 0 aliphatic heterocycles. The molecule has 0 spiro atoms. The van der Waals surface area contributed by atoms with Crippen LogP contribution in [0.1, 0.15) is 11.1 Å². The molecule has 194 valence electrons. The van der Waals surface area contributed by atoms with Crippen LogP contribution in [0.3, 0.4) is 0 Å². The smallest absolute Gasteiger partial charge is 0.143 e. The van der Waals surface area contributed by atoms with E-state index in [1.807, 2.05) is 17.4 Å². The molecule has 0 fully saturated rings. The summed E-state index contributed by atoms with van der Waals surface area (Å²) in [6.07, 6.45) is 0. The summed E-state index contributed by atoms with van der Waals surface area (Å²) in [5.41, 5.74) is 10.5. The molecule has 0 saturated carbocycles. The van der Waals surface area contributed by atoms with Crippen LogP contribution >= 0.6 is 11.3 Å². The number of furan rings is 1. The molecule has 9 aromatic rings. The second-order valence-electron chi connectivity index (χ2n) is 11.1. The maximum Gasteiger partial charge on any atom is 0.143 e. The molecular weight excluding hydrogens is 518 g/mol. The average Bonchev–Trinajstić information content (AvgIpc) is 3.66. The quantitative estimate of drug-likeness (QED) is 0.212. The Morgan fingerprint density at radius 1 is 0.561 bits per heavy atom. The van der Waals surface area contributed by atoms with E-state index < -0.39 is 0 Å². The zero-order valence-corrected chi connectivity index (χ0v) is 23.5. The summed E-state index contributed by atoms with van der Waals surface area (Å²) in [5, 5.41) is 7.49. The number of aromatic nitrogens is 1. The first-order valence-electron chi connectivity index (χ1n) is 14.0. The van der Waals surface area contributed by atoms with Gasteiger partial charge in [0.15, 0.2) is 0 Å². The monoisotopic (exact) mass is 543 g/mol. The predicted octanol–water partition coefficient (Wildman–Crippen LogP) is 11.3. The van der Waals surface area contributed by atoms with Gasteiger partial charge in [0.25, 0.3) is 0 Å². The van der Waals surface area contributed by atoms with E-state index in [2.05, 4.69) is 128 Å². The lowest BCUT2D eigenvalue weighted by atomic mass is 9.97. The molecule has 6 aromatic carbocycles. The van der Waals surface area contributed by atoms with Gasteiger partial charge in [0.1, 0.15) is 11.2 Å². The second kappa shape index (κ2) is 8.33. The number of aryl methyl sites for hydroxylation is 2. The first-order valence-corrected chi connectivity index (χ1v) is 14.8. The molecular formula is C38H25NOS. The molecule has 3 heteroatoms. The van der Waals surface area contributed by atoms with E-state index in [1.165, 1.54) is 64.4 Å². The van der Waals surface area contributed by atoms with Crippen molar-refractivity contribution in [3.8, 4) is 16.8 Å². The van der Waals surface area contributed by atoms with Gasteiger partial charge in [-0.05, 0) is 61.9 Å². The topological polar surface area (TPSA) is 18.1 Å². The van der Waals surface area contributed by atoms with Crippen LogP contribution in [0.5, 0.6) is 0 Å². The van der Waals surface area contributed by atoms with Gasteiger partial charge in [-0.2, -0.15) is 0 Å². The fourth-order valence-corrected chi connectivity index (χ4v) is 7.94. The van der Waals surface area contributed by atoms with Crippen molar-refractivity contribution in [1.82, 2.24) is 4.57 Å². The van der Waals surface area contributed by atoms with Crippen LogP contribution in [0, 0.1) is 13.8 Å². The van der Waals surface area contributed by atoms with E-state index in [1.54, 1.807) is 0 Å². The third-order valence-electron chi connectivity index (χ3n) is 8.51. The Bertz CT molecular complexity index is 2450. The van der Waals surface area contributed by atoms with Gasteiger partial charge in [-0.25, -0.2) is 0 Å². The lowest BCUT2D eigenvalue weighted by Gasteiger charge is -2.10. The van der Waals surface area contributed by atoms with Crippen molar-refractivity contribution in [1.29, 1.82) is 0 Å². The molecule has 0 unspecified atom stereocenters. The number of nitrogens with zero attached hydrogens (tertiary/aromatic N) is 1. The SMILES string of the molecule is Cc1ccc2c(c1)c1cc(C)ccc1n2-c1cccc2c1sc1cccc(-c3cccc4c3oc3ccccc34)c12. The van der Waals surface area contributed by atoms with Crippen LogP contribution < -0.4 is 0 Å². The minimum absolute atomic E-state index is 0.927. The van der Waals surface area contributed by atoms with E-state index in [0.717, 1.165) is 27.5 Å². The highest BCUT2D eigenvalue weighted by Gasteiger charge is 2.20. The molecule has 0 aliphatic carbocycles.